The van der Waals surface area contributed by atoms with Crippen molar-refractivity contribution in [2.45, 2.75) is 6.54 Å². The lowest BCUT2D eigenvalue weighted by Crippen LogP contribution is -1.99. The first-order chi connectivity index (χ1) is 10.2. The lowest BCUT2D eigenvalue weighted by atomic mass is 10.1. The molecular weight excluding hydrogens is 302 g/mol. The Hall–Kier alpha value is -2.04. The Morgan fingerprint density at radius 1 is 1.10 bits per heavy atom. The number of nitrogens with zero attached hydrogens (tertiary/aromatic N) is 1. The average molecular weight is 316 g/mol. The molecule has 5 heteroatoms. The van der Waals surface area contributed by atoms with Crippen LogP contribution in [0.4, 0.5) is 10.8 Å². The molecule has 0 aliphatic rings. The summed E-state index contributed by atoms with van der Waals surface area (Å²) in [7, 11) is 0. The highest BCUT2D eigenvalue weighted by atomic mass is 35.5. The van der Waals surface area contributed by atoms with Crippen LogP contribution in [0.25, 0.3) is 11.1 Å². The van der Waals surface area contributed by atoms with Gasteiger partial charge in [0.05, 0.1) is 5.56 Å². The number of nitrogens with one attached hydrogen (secondary N) is 1. The van der Waals surface area contributed by atoms with Gasteiger partial charge in [-0.1, -0.05) is 54.1 Å². The van der Waals surface area contributed by atoms with Gasteiger partial charge in [-0.05, 0) is 34.8 Å². The monoisotopic (exact) mass is 315 g/mol. The van der Waals surface area contributed by atoms with Crippen LogP contribution >= 0.6 is 23.1 Å². The maximum Gasteiger partial charge on any atom is 0.147 e. The van der Waals surface area contributed by atoms with E-state index in [1.54, 1.807) is 0 Å². The van der Waals surface area contributed by atoms with Crippen LogP contribution in [0.3, 0.4) is 0 Å². The van der Waals surface area contributed by atoms with E-state index in [0.29, 0.717) is 12.4 Å². The third-order valence-corrected chi connectivity index (χ3v) is 4.18. The van der Waals surface area contributed by atoms with E-state index in [9.17, 15) is 0 Å². The highest BCUT2D eigenvalue weighted by molar-refractivity contribution is 7.11. The number of aromatic nitrogens is 1. The third-order valence-electron chi connectivity index (χ3n) is 3.12. The van der Waals surface area contributed by atoms with Gasteiger partial charge in [0.2, 0.25) is 0 Å². The largest absolute Gasteiger partial charge is 0.382 e. The van der Waals surface area contributed by atoms with Crippen LogP contribution < -0.4 is 11.1 Å². The van der Waals surface area contributed by atoms with Gasteiger partial charge in [-0.15, -0.1) is 0 Å². The fourth-order valence-corrected chi connectivity index (χ4v) is 3.08. The zero-order chi connectivity index (χ0) is 14.7. The Morgan fingerprint density at radius 3 is 2.67 bits per heavy atom. The van der Waals surface area contributed by atoms with Crippen molar-refractivity contribution in [3.05, 3.63) is 65.2 Å². The van der Waals surface area contributed by atoms with Gasteiger partial charge in [0.25, 0.3) is 0 Å². The molecule has 0 saturated heterocycles. The van der Waals surface area contributed by atoms with Gasteiger partial charge in [0, 0.05) is 11.6 Å². The van der Waals surface area contributed by atoms with Crippen LogP contribution in [0, 0.1) is 0 Å². The molecule has 3 nitrogen and oxygen atoms in total. The quantitative estimate of drug-likeness (QED) is 0.736. The van der Waals surface area contributed by atoms with E-state index in [2.05, 4.69) is 9.69 Å². The van der Waals surface area contributed by atoms with Crippen molar-refractivity contribution in [3.63, 3.8) is 0 Å². The van der Waals surface area contributed by atoms with Gasteiger partial charge >= 0.3 is 0 Å². The first-order valence-electron chi connectivity index (χ1n) is 6.53. The molecule has 0 spiro atoms. The van der Waals surface area contributed by atoms with Crippen molar-refractivity contribution in [1.82, 2.24) is 4.37 Å². The Labute approximate surface area is 132 Å². The molecule has 0 aliphatic heterocycles. The standard InChI is InChI=1S/C16H14ClN3S/c17-13-8-4-5-11(9-13)10-19-16-14(15(18)20-21-16)12-6-2-1-3-7-12/h1-9,19H,10H2,(H2,18,20). The number of benzene rings is 2. The molecule has 106 valence electrons. The minimum atomic E-state index is 0.555. The van der Waals surface area contributed by atoms with Gasteiger partial charge in [0.1, 0.15) is 10.8 Å². The van der Waals surface area contributed by atoms with E-state index in [0.717, 1.165) is 26.7 Å². The van der Waals surface area contributed by atoms with Crippen LogP contribution in [-0.2, 0) is 6.54 Å². The Kier molecular flexibility index (Phi) is 4.08. The highest BCUT2D eigenvalue weighted by Gasteiger charge is 2.13. The van der Waals surface area contributed by atoms with Crippen molar-refractivity contribution in [1.29, 1.82) is 0 Å². The maximum absolute atomic E-state index is 6.00. The molecule has 21 heavy (non-hydrogen) atoms. The van der Waals surface area contributed by atoms with Crippen LogP contribution in [0.5, 0.6) is 0 Å². The smallest absolute Gasteiger partial charge is 0.147 e. The highest BCUT2D eigenvalue weighted by Crippen LogP contribution is 2.36. The molecule has 1 heterocycles. The first kappa shape index (κ1) is 13.9. The molecule has 0 amide bonds. The number of nitrogens with two attached hydrogens (primary N) is 1. The summed E-state index contributed by atoms with van der Waals surface area (Å²) in [5.41, 5.74) is 9.15. The van der Waals surface area contributed by atoms with Crippen molar-refractivity contribution >= 4 is 34.0 Å². The van der Waals surface area contributed by atoms with Crippen molar-refractivity contribution < 1.29 is 0 Å². The summed E-state index contributed by atoms with van der Waals surface area (Å²) in [6.45, 7) is 0.683. The van der Waals surface area contributed by atoms with E-state index in [1.165, 1.54) is 11.5 Å². The zero-order valence-electron chi connectivity index (χ0n) is 11.2. The van der Waals surface area contributed by atoms with Gasteiger partial charge < -0.3 is 11.1 Å². The summed E-state index contributed by atoms with van der Waals surface area (Å²) < 4.78 is 4.25. The van der Waals surface area contributed by atoms with Crippen LogP contribution in [0.1, 0.15) is 5.56 Å². The van der Waals surface area contributed by atoms with Crippen LogP contribution in [0.15, 0.2) is 54.6 Å². The van der Waals surface area contributed by atoms with Gasteiger partial charge in [-0.25, -0.2) is 0 Å². The van der Waals surface area contributed by atoms with E-state index in [-0.39, 0.29) is 0 Å². The maximum atomic E-state index is 6.00. The molecule has 0 bridgehead atoms. The zero-order valence-corrected chi connectivity index (χ0v) is 12.8. The second kappa shape index (κ2) is 6.16. The molecule has 3 N–H and O–H groups in total. The number of halogens is 1. The topological polar surface area (TPSA) is 50.9 Å². The Morgan fingerprint density at radius 2 is 1.90 bits per heavy atom. The number of anilines is 2. The first-order valence-corrected chi connectivity index (χ1v) is 7.68. The van der Waals surface area contributed by atoms with Crippen molar-refractivity contribution in [2.24, 2.45) is 0 Å². The van der Waals surface area contributed by atoms with Gasteiger partial charge in [-0.2, -0.15) is 4.37 Å². The molecule has 0 saturated carbocycles. The fraction of sp³-hybridized carbons (Fsp3) is 0.0625. The Balaban J connectivity index is 1.84. The second-order valence-corrected chi connectivity index (χ2v) is 5.83. The number of nitrogen functional groups attached to an aromatic ring is 1. The molecule has 0 atom stereocenters. The van der Waals surface area contributed by atoms with E-state index < -0.39 is 0 Å². The summed E-state index contributed by atoms with van der Waals surface area (Å²) in [6, 6.07) is 17.8. The lowest BCUT2D eigenvalue weighted by Gasteiger charge is -2.08. The predicted molar refractivity (Wildman–Crippen MR) is 90.7 cm³/mol. The molecule has 0 fully saturated rings. The third kappa shape index (κ3) is 3.17. The normalized spacial score (nSPS) is 10.5. The molecular formula is C16H14ClN3S. The lowest BCUT2D eigenvalue weighted by molar-refractivity contribution is 1.16. The second-order valence-electron chi connectivity index (χ2n) is 4.62. The summed E-state index contributed by atoms with van der Waals surface area (Å²) >= 11 is 7.38. The molecule has 3 rings (SSSR count). The summed E-state index contributed by atoms with van der Waals surface area (Å²) in [5, 5.41) is 5.10. The number of rotatable bonds is 4. The van der Waals surface area contributed by atoms with Crippen LogP contribution in [0.2, 0.25) is 5.02 Å². The SMILES string of the molecule is Nc1nsc(NCc2cccc(Cl)c2)c1-c1ccccc1. The molecule has 2 aromatic carbocycles. The van der Waals surface area contributed by atoms with Crippen molar-refractivity contribution in [2.75, 3.05) is 11.1 Å². The molecule has 0 unspecified atom stereocenters. The van der Waals surface area contributed by atoms with E-state index in [1.807, 2.05) is 54.6 Å². The Bertz CT molecular complexity index is 740. The van der Waals surface area contributed by atoms with Gasteiger partial charge in [0.15, 0.2) is 0 Å². The number of hydrogen-bond donors (Lipinski definition) is 2. The fourth-order valence-electron chi connectivity index (χ4n) is 2.14. The minimum Gasteiger partial charge on any atom is -0.382 e. The summed E-state index contributed by atoms with van der Waals surface area (Å²) in [5.74, 6) is 0.555. The van der Waals surface area contributed by atoms with Gasteiger partial charge in [-0.3, -0.25) is 0 Å². The molecule has 1 aromatic heterocycles. The minimum absolute atomic E-state index is 0.555. The summed E-state index contributed by atoms with van der Waals surface area (Å²) in [6.07, 6.45) is 0. The molecule has 0 radical (unpaired) electrons. The van der Waals surface area contributed by atoms with E-state index in [4.69, 9.17) is 17.3 Å². The molecule has 0 aliphatic carbocycles. The van der Waals surface area contributed by atoms with Crippen LogP contribution in [-0.4, -0.2) is 4.37 Å². The molecule has 3 aromatic rings. The summed E-state index contributed by atoms with van der Waals surface area (Å²) in [4.78, 5) is 0. The van der Waals surface area contributed by atoms with Crippen molar-refractivity contribution in [3.8, 4) is 11.1 Å². The number of hydrogen-bond acceptors (Lipinski definition) is 4. The predicted octanol–water partition coefficient (Wildman–Crippen LogP) is 4.66. The van der Waals surface area contributed by atoms with E-state index >= 15 is 0 Å². The average Bonchev–Trinajstić information content (AvgIpc) is 2.87.